The summed E-state index contributed by atoms with van der Waals surface area (Å²) in [6.45, 7) is 6.79. The van der Waals surface area contributed by atoms with Gasteiger partial charge in [-0.1, -0.05) is 19.4 Å². The van der Waals surface area contributed by atoms with Gasteiger partial charge in [-0.25, -0.2) is 9.59 Å². The smallest absolute Gasteiger partial charge is 0.409 e. The van der Waals surface area contributed by atoms with E-state index in [1.54, 1.807) is 21.1 Å². The largest absolute Gasteiger partial charge is 0.449 e. The molecule has 1 atom stereocenters. The molecular weight excluding hydrogens is 500 g/mol. The lowest BCUT2D eigenvalue weighted by atomic mass is 9.97. The number of carbonyl (C=O) groups excluding carboxylic acids is 3. The fourth-order valence-electron chi connectivity index (χ4n) is 6.24. The average Bonchev–Trinajstić information content (AvgIpc) is 3.16. The van der Waals surface area contributed by atoms with E-state index in [9.17, 15) is 19.2 Å². The summed E-state index contributed by atoms with van der Waals surface area (Å²) >= 11 is 0. The number of rotatable bonds is 8. The van der Waals surface area contributed by atoms with Gasteiger partial charge in [-0.3, -0.25) is 24.0 Å². The number of ether oxygens (including phenoxy) is 1. The molecule has 5 rings (SSSR count). The van der Waals surface area contributed by atoms with Gasteiger partial charge in [0.25, 0.3) is 0 Å². The van der Waals surface area contributed by atoms with Gasteiger partial charge < -0.3 is 19.4 Å². The summed E-state index contributed by atoms with van der Waals surface area (Å²) in [5, 5.41) is 2.37. The Morgan fingerprint density at radius 1 is 1.13 bits per heavy atom. The van der Waals surface area contributed by atoms with Gasteiger partial charge in [-0.05, 0) is 44.9 Å². The predicted molar refractivity (Wildman–Crippen MR) is 148 cm³/mol. The number of aryl methyl sites for hydroxylation is 1. The van der Waals surface area contributed by atoms with E-state index in [1.807, 2.05) is 18.2 Å². The molecule has 212 valence electrons. The van der Waals surface area contributed by atoms with Gasteiger partial charge in [0.05, 0.1) is 23.3 Å². The molecule has 1 unspecified atom stereocenters. The number of aromatic nitrogens is 2. The highest BCUT2D eigenvalue weighted by atomic mass is 16.6. The minimum absolute atomic E-state index is 0.189. The highest BCUT2D eigenvalue weighted by molar-refractivity contribution is 6.00. The summed E-state index contributed by atoms with van der Waals surface area (Å²) < 4.78 is 8.48. The Labute approximate surface area is 228 Å². The summed E-state index contributed by atoms with van der Waals surface area (Å²) in [7, 11) is 3.92. The standard InChI is InChI=1S/C28H40N6O5/c1-4-5-15-39-28(38)33-17-19(18-33)16-30(2)20-11-13-32(14-12-20)21-7-6-8-22-25(21)31(3)27(37)34(22)23-9-10-24(35)29-26(23)36/h6-8,19-20,23H,4-5,9-18H2,1-3H3,(H,29,35,36). The first-order chi connectivity index (χ1) is 18.8. The van der Waals surface area contributed by atoms with Crippen molar-refractivity contribution in [2.75, 3.05) is 51.3 Å². The average molecular weight is 541 g/mol. The Morgan fingerprint density at radius 2 is 1.87 bits per heavy atom. The van der Waals surface area contributed by atoms with Gasteiger partial charge in [-0.2, -0.15) is 0 Å². The molecule has 0 spiro atoms. The molecule has 4 heterocycles. The predicted octanol–water partition coefficient (Wildman–Crippen LogP) is 2.09. The summed E-state index contributed by atoms with van der Waals surface area (Å²) in [6, 6.07) is 5.64. The Hall–Kier alpha value is -3.34. The van der Waals surface area contributed by atoms with Crippen LogP contribution < -0.4 is 15.9 Å². The van der Waals surface area contributed by atoms with Crippen LogP contribution >= 0.6 is 0 Å². The molecule has 3 amide bonds. The number of piperidine rings is 2. The van der Waals surface area contributed by atoms with Crippen LogP contribution in [-0.4, -0.2) is 89.3 Å². The van der Waals surface area contributed by atoms with Gasteiger partial charge in [0.15, 0.2) is 0 Å². The lowest BCUT2D eigenvalue weighted by Crippen LogP contribution is -2.55. The number of benzene rings is 1. The van der Waals surface area contributed by atoms with Crippen molar-refractivity contribution in [1.82, 2.24) is 24.3 Å². The molecule has 0 bridgehead atoms. The third kappa shape index (κ3) is 5.41. The van der Waals surface area contributed by atoms with E-state index in [0.29, 0.717) is 25.0 Å². The molecule has 3 saturated heterocycles. The topological polar surface area (TPSA) is 109 Å². The fraction of sp³-hybridized carbons (Fsp3) is 0.643. The van der Waals surface area contributed by atoms with Crippen molar-refractivity contribution in [1.29, 1.82) is 0 Å². The number of nitrogens with one attached hydrogen (secondary N) is 1. The van der Waals surface area contributed by atoms with Crippen LogP contribution in [0.3, 0.4) is 0 Å². The zero-order valence-corrected chi connectivity index (χ0v) is 23.2. The van der Waals surface area contributed by atoms with Gasteiger partial charge in [0, 0.05) is 58.2 Å². The molecule has 0 aliphatic carbocycles. The Morgan fingerprint density at radius 3 is 2.56 bits per heavy atom. The van der Waals surface area contributed by atoms with E-state index in [1.165, 1.54) is 0 Å². The third-order valence-electron chi connectivity index (χ3n) is 8.52. The van der Waals surface area contributed by atoms with Crippen LogP contribution in [0.4, 0.5) is 10.5 Å². The van der Waals surface area contributed by atoms with Crippen molar-refractivity contribution >= 4 is 34.6 Å². The first-order valence-corrected chi connectivity index (χ1v) is 14.2. The van der Waals surface area contributed by atoms with E-state index in [4.69, 9.17) is 4.74 Å². The first-order valence-electron chi connectivity index (χ1n) is 14.2. The van der Waals surface area contributed by atoms with Gasteiger partial charge >= 0.3 is 11.8 Å². The minimum atomic E-state index is -0.686. The monoisotopic (exact) mass is 540 g/mol. The molecule has 2 aromatic rings. The third-order valence-corrected chi connectivity index (χ3v) is 8.52. The summed E-state index contributed by atoms with van der Waals surface area (Å²) in [5.74, 6) is -0.238. The highest BCUT2D eigenvalue weighted by Gasteiger charge is 2.35. The molecule has 1 N–H and O–H groups in total. The molecule has 3 aliphatic heterocycles. The summed E-state index contributed by atoms with van der Waals surface area (Å²) in [4.78, 5) is 56.1. The number of fused-ring (bicyclic) bond motifs is 1. The lowest BCUT2D eigenvalue weighted by Gasteiger charge is -2.43. The number of nitrogens with zero attached hydrogens (tertiary/aromatic N) is 5. The van der Waals surface area contributed by atoms with Crippen molar-refractivity contribution in [2.24, 2.45) is 13.0 Å². The van der Waals surface area contributed by atoms with Gasteiger partial charge in [0.1, 0.15) is 6.04 Å². The molecular formula is C28H40N6O5. The van der Waals surface area contributed by atoms with Crippen LogP contribution in [0.2, 0.25) is 0 Å². The molecule has 3 fully saturated rings. The number of carbonyl (C=O) groups is 3. The molecule has 0 saturated carbocycles. The maximum atomic E-state index is 13.3. The van der Waals surface area contributed by atoms with E-state index in [2.05, 4.69) is 29.1 Å². The van der Waals surface area contributed by atoms with Crippen molar-refractivity contribution < 1.29 is 19.1 Å². The Bertz CT molecular complexity index is 1290. The molecule has 0 radical (unpaired) electrons. The van der Waals surface area contributed by atoms with Crippen LogP contribution in [0.15, 0.2) is 23.0 Å². The maximum Gasteiger partial charge on any atom is 0.409 e. The zero-order chi connectivity index (χ0) is 27.7. The molecule has 39 heavy (non-hydrogen) atoms. The zero-order valence-electron chi connectivity index (χ0n) is 23.2. The molecule has 11 heteroatoms. The number of para-hydroxylation sites is 1. The van der Waals surface area contributed by atoms with E-state index < -0.39 is 11.9 Å². The van der Waals surface area contributed by atoms with Gasteiger partial charge in [-0.15, -0.1) is 0 Å². The summed E-state index contributed by atoms with van der Waals surface area (Å²) in [6.07, 6.45) is 4.29. The number of unbranched alkanes of at least 4 members (excludes halogenated alkanes) is 1. The molecule has 3 aliphatic rings. The van der Waals surface area contributed by atoms with Gasteiger partial charge in [0.2, 0.25) is 11.8 Å². The number of hydrogen-bond acceptors (Lipinski definition) is 7. The number of anilines is 1. The number of imidazole rings is 1. The molecule has 11 nitrogen and oxygen atoms in total. The van der Waals surface area contributed by atoms with Crippen LogP contribution in [0, 0.1) is 5.92 Å². The second-order valence-corrected chi connectivity index (χ2v) is 11.2. The van der Waals surface area contributed by atoms with Crippen molar-refractivity contribution in [3.63, 3.8) is 0 Å². The SMILES string of the molecule is CCCCOC(=O)N1CC(CN(C)C2CCN(c3cccc4c3n(C)c(=O)n4C3CCC(=O)NC3=O)CC2)C1. The first kappa shape index (κ1) is 27.2. The molecule has 1 aromatic heterocycles. The quantitative estimate of drug-likeness (QED) is 0.403. The fourth-order valence-corrected chi connectivity index (χ4v) is 6.24. The minimum Gasteiger partial charge on any atom is -0.449 e. The van der Waals surface area contributed by atoms with Crippen LogP contribution in [0.5, 0.6) is 0 Å². The Kier molecular flexibility index (Phi) is 7.97. The van der Waals surface area contributed by atoms with Crippen molar-refractivity contribution in [3.8, 4) is 0 Å². The van der Waals surface area contributed by atoms with E-state index in [-0.39, 0.29) is 24.1 Å². The maximum absolute atomic E-state index is 13.3. The Balaban J connectivity index is 1.20. The van der Waals surface area contributed by atoms with Crippen molar-refractivity contribution in [3.05, 3.63) is 28.7 Å². The van der Waals surface area contributed by atoms with Crippen LogP contribution in [0.25, 0.3) is 11.0 Å². The molecule has 1 aromatic carbocycles. The number of likely N-dealkylation sites (tertiary alicyclic amines) is 1. The van der Waals surface area contributed by atoms with E-state index in [0.717, 1.165) is 75.1 Å². The summed E-state index contributed by atoms with van der Waals surface area (Å²) in [5.41, 5.74) is 2.29. The van der Waals surface area contributed by atoms with Crippen LogP contribution in [0.1, 0.15) is 51.5 Å². The normalized spacial score (nSPS) is 21.0. The van der Waals surface area contributed by atoms with E-state index >= 15 is 0 Å². The van der Waals surface area contributed by atoms with Crippen molar-refractivity contribution in [2.45, 2.75) is 57.5 Å². The second-order valence-electron chi connectivity index (χ2n) is 11.2. The highest BCUT2D eigenvalue weighted by Crippen LogP contribution is 2.32. The lowest BCUT2D eigenvalue weighted by molar-refractivity contribution is -0.135. The van der Waals surface area contributed by atoms with Crippen LogP contribution in [-0.2, 0) is 21.4 Å². The number of amides is 3. The second kappa shape index (κ2) is 11.4. The number of imide groups is 1. The number of hydrogen-bond donors (Lipinski definition) is 1.